The molecular formula is C21H20N2O5. The van der Waals surface area contributed by atoms with Crippen molar-refractivity contribution in [1.82, 2.24) is 0 Å². The lowest BCUT2D eigenvalue weighted by atomic mass is 10.1. The summed E-state index contributed by atoms with van der Waals surface area (Å²) >= 11 is 0. The first-order valence-electron chi connectivity index (χ1n) is 8.64. The fraction of sp³-hybridized carbons (Fsp3) is 0.190. The Kier molecular flexibility index (Phi) is 5.44. The molecule has 2 N–H and O–H groups in total. The predicted molar refractivity (Wildman–Crippen MR) is 107 cm³/mol. The molecule has 0 saturated heterocycles. The number of methoxy groups -OCH3 is 1. The minimum absolute atomic E-state index is 0.0259. The zero-order chi connectivity index (χ0) is 20.3. The normalized spacial score (nSPS) is 10.5. The quantitative estimate of drug-likeness (QED) is 0.662. The van der Waals surface area contributed by atoms with E-state index in [1.165, 1.54) is 20.1 Å². The van der Waals surface area contributed by atoms with Crippen LogP contribution in [0.15, 0.2) is 51.7 Å². The molecule has 3 aromatic rings. The maximum absolute atomic E-state index is 12.6. The summed E-state index contributed by atoms with van der Waals surface area (Å²) in [4.78, 5) is 35.9. The number of amides is 2. The number of anilines is 2. The highest BCUT2D eigenvalue weighted by Crippen LogP contribution is 2.27. The number of hydrogen-bond donors (Lipinski definition) is 2. The molecule has 144 valence electrons. The van der Waals surface area contributed by atoms with Gasteiger partial charge in [0.2, 0.25) is 11.8 Å². The van der Waals surface area contributed by atoms with Crippen molar-refractivity contribution in [3.05, 3.63) is 64.0 Å². The van der Waals surface area contributed by atoms with E-state index in [9.17, 15) is 14.4 Å². The largest absolute Gasteiger partial charge is 0.497 e. The van der Waals surface area contributed by atoms with Gasteiger partial charge < -0.3 is 19.8 Å². The lowest BCUT2D eigenvalue weighted by Gasteiger charge is -2.13. The molecule has 0 unspecified atom stereocenters. The topological polar surface area (TPSA) is 97.6 Å². The van der Waals surface area contributed by atoms with Crippen LogP contribution in [0.1, 0.15) is 18.1 Å². The highest BCUT2D eigenvalue weighted by atomic mass is 16.5. The van der Waals surface area contributed by atoms with Gasteiger partial charge in [0.25, 0.3) is 0 Å². The fourth-order valence-corrected chi connectivity index (χ4v) is 2.90. The summed E-state index contributed by atoms with van der Waals surface area (Å²) in [7, 11) is 1.51. The van der Waals surface area contributed by atoms with Gasteiger partial charge in [0.15, 0.2) is 0 Å². The summed E-state index contributed by atoms with van der Waals surface area (Å²) in [5.74, 6) is -0.0688. The number of aryl methyl sites for hydroxylation is 1. The van der Waals surface area contributed by atoms with Crippen LogP contribution in [0.25, 0.3) is 11.0 Å². The maximum atomic E-state index is 12.6. The Morgan fingerprint density at radius 3 is 2.54 bits per heavy atom. The van der Waals surface area contributed by atoms with Crippen molar-refractivity contribution in [2.45, 2.75) is 20.3 Å². The molecule has 0 spiro atoms. The second kappa shape index (κ2) is 7.96. The molecule has 0 aliphatic heterocycles. The molecule has 0 fully saturated rings. The Bertz CT molecular complexity index is 1120. The summed E-state index contributed by atoms with van der Waals surface area (Å²) < 4.78 is 10.4. The van der Waals surface area contributed by atoms with Crippen LogP contribution in [0, 0.1) is 6.92 Å². The summed E-state index contributed by atoms with van der Waals surface area (Å²) in [5, 5.41) is 6.13. The summed E-state index contributed by atoms with van der Waals surface area (Å²) in [6.45, 7) is 3.28. The molecule has 0 aliphatic rings. The van der Waals surface area contributed by atoms with Crippen molar-refractivity contribution >= 4 is 34.2 Å². The maximum Gasteiger partial charge on any atom is 0.336 e. The smallest absolute Gasteiger partial charge is 0.336 e. The van der Waals surface area contributed by atoms with Crippen molar-refractivity contribution in [3.63, 3.8) is 0 Å². The average Bonchev–Trinajstić information content (AvgIpc) is 2.62. The monoisotopic (exact) mass is 380 g/mol. The number of carbonyl (C=O) groups is 2. The van der Waals surface area contributed by atoms with Gasteiger partial charge >= 0.3 is 5.63 Å². The molecule has 0 saturated carbocycles. The Morgan fingerprint density at radius 2 is 1.82 bits per heavy atom. The van der Waals surface area contributed by atoms with Crippen LogP contribution < -0.4 is 21.0 Å². The third kappa shape index (κ3) is 4.37. The van der Waals surface area contributed by atoms with E-state index in [0.29, 0.717) is 33.7 Å². The van der Waals surface area contributed by atoms with Crippen LogP contribution in [-0.4, -0.2) is 18.9 Å². The van der Waals surface area contributed by atoms with E-state index < -0.39 is 5.63 Å². The zero-order valence-corrected chi connectivity index (χ0v) is 15.8. The minimum atomic E-state index is -0.513. The second-order valence-electron chi connectivity index (χ2n) is 6.41. The van der Waals surface area contributed by atoms with Crippen LogP contribution >= 0.6 is 0 Å². The number of carbonyl (C=O) groups excluding carboxylic acids is 2. The van der Waals surface area contributed by atoms with Crippen LogP contribution in [0.5, 0.6) is 5.75 Å². The lowest BCUT2D eigenvalue weighted by Crippen LogP contribution is -2.18. The SMILES string of the molecule is COc1ccc(NC(C)=O)c(NC(=O)Cc2cc(=O)oc3cc(C)ccc23)c1. The van der Waals surface area contributed by atoms with E-state index in [1.54, 1.807) is 24.3 Å². The molecule has 1 aromatic heterocycles. The molecule has 28 heavy (non-hydrogen) atoms. The Labute approximate surface area is 161 Å². The standard InChI is InChI=1S/C21H20N2O5/c1-12-4-6-16-14(10-21(26)28-19(16)8-12)9-20(25)23-18-11-15(27-3)5-7-17(18)22-13(2)24/h4-8,10-11H,9H2,1-3H3,(H,22,24)(H,23,25). The Hall–Kier alpha value is -3.61. The van der Waals surface area contributed by atoms with Gasteiger partial charge in [-0.1, -0.05) is 12.1 Å². The molecule has 3 rings (SSSR count). The molecule has 1 heterocycles. The number of hydrogen-bond acceptors (Lipinski definition) is 5. The molecule has 2 aromatic carbocycles. The number of ether oxygens (including phenoxy) is 1. The molecule has 0 aliphatic carbocycles. The molecule has 2 amide bonds. The van der Waals surface area contributed by atoms with Crippen molar-refractivity contribution in [2.75, 3.05) is 17.7 Å². The van der Waals surface area contributed by atoms with E-state index in [2.05, 4.69) is 10.6 Å². The van der Waals surface area contributed by atoms with E-state index in [0.717, 1.165) is 5.56 Å². The van der Waals surface area contributed by atoms with Gasteiger partial charge in [0, 0.05) is 24.4 Å². The van der Waals surface area contributed by atoms with Gasteiger partial charge in [0.1, 0.15) is 11.3 Å². The van der Waals surface area contributed by atoms with Gasteiger partial charge in [-0.2, -0.15) is 0 Å². The van der Waals surface area contributed by atoms with Crippen molar-refractivity contribution in [2.24, 2.45) is 0 Å². The number of rotatable bonds is 5. The van der Waals surface area contributed by atoms with E-state index in [-0.39, 0.29) is 18.2 Å². The van der Waals surface area contributed by atoms with Gasteiger partial charge in [-0.3, -0.25) is 9.59 Å². The average molecular weight is 380 g/mol. The van der Waals surface area contributed by atoms with Gasteiger partial charge in [-0.25, -0.2) is 4.79 Å². The number of benzene rings is 2. The molecular weight excluding hydrogens is 360 g/mol. The van der Waals surface area contributed by atoms with E-state index in [4.69, 9.17) is 9.15 Å². The molecule has 7 heteroatoms. The third-order valence-corrected chi connectivity index (χ3v) is 4.15. The lowest BCUT2D eigenvalue weighted by molar-refractivity contribution is -0.116. The van der Waals surface area contributed by atoms with Crippen molar-refractivity contribution in [1.29, 1.82) is 0 Å². The molecule has 7 nitrogen and oxygen atoms in total. The summed E-state index contributed by atoms with van der Waals surface area (Å²) in [6, 6.07) is 11.7. The van der Waals surface area contributed by atoms with Gasteiger partial charge in [0.05, 0.1) is 24.9 Å². The van der Waals surface area contributed by atoms with Crippen LogP contribution in [0.4, 0.5) is 11.4 Å². The number of fused-ring (bicyclic) bond motifs is 1. The Morgan fingerprint density at radius 1 is 1.04 bits per heavy atom. The summed E-state index contributed by atoms with van der Waals surface area (Å²) in [6.07, 6.45) is -0.0259. The summed E-state index contributed by atoms with van der Waals surface area (Å²) in [5.41, 5.74) is 2.30. The second-order valence-corrected chi connectivity index (χ2v) is 6.41. The minimum Gasteiger partial charge on any atom is -0.497 e. The first kappa shape index (κ1) is 19.2. The fourth-order valence-electron chi connectivity index (χ4n) is 2.90. The highest BCUT2D eigenvalue weighted by Gasteiger charge is 2.13. The van der Waals surface area contributed by atoms with E-state index in [1.807, 2.05) is 19.1 Å². The van der Waals surface area contributed by atoms with Gasteiger partial charge in [-0.15, -0.1) is 0 Å². The van der Waals surface area contributed by atoms with Crippen molar-refractivity contribution < 1.29 is 18.7 Å². The molecule has 0 radical (unpaired) electrons. The first-order valence-corrected chi connectivity index (χ1v) is 8.64. The van der Waals surface area contributed by atoms with Crippen LogP contribution in [0.2, 0.25) is 0 Å². The van der Waals surface area contributed by atoms with Crippen LogP contribution in [0.3, 0.4) is 0 Å². The molecule has 0 atom stereocenters. The Balaban J connectivity index is 1.90. The molecule has 0 bridgehead atoms. The highest BCUT2D eigenvalue weighted by molar-refractivity contribution is 6.00. The third-order valence-electron chi connectivity index (χ3n) is 4.15. The number of nitrogens with one attached hydrogen (secondary N) is 2. The van der Waals surface area contributed by atoms with Crippen molar-refractivity contribution in [3.8, 4) is 5.75 Å². The van der Waals surface area contributed by atoms with Crippen LogP contribution in [-0.2, 0) is 16.0 Å². The first-order chi connectivity index (χ1) is 13.4. The predicted octanol–water partition coefficient (Wildman–Crippen LogP) is 3.25. The van der Waals surface area contributed by atoms with Gasteiger partial charge in [-0.05, 0) is 36.2 Å². The van der Waals surface area contributed by atoms with E-state index >= 15 is 0 Å². The zero-order valence-electron chi connectivity index (χ0n) is 15.8.